The van der Waals surface area contributed by atoms with Gasteiger partial charge in [-0.1, -0.05) is 30.3 Å². The van der Waals surface area contributed by atoms with Crippen molar-refractivity contribution < 1.29 is 4.39 Å². The Balaban J connectivity index is 2.22. The fourth-order valence-electron chi connectivity index (χ4n) is 1.82. The second-order valence-corrected chi connectivity index (χ2v) is 4.60. The molecule has 0 N–H and O–H groups in total. The molecule has 0 bridgehead atoms. The summed E-state index contributed by atoms with van der Waals surface area (Å²) in [7, 11) is 0. The maximum absolute atomic E-state index is 13.6. The molecular formula is C14H9FS. The highest BCUT2D eigenvalue weighted by Gasteiger charge is 2.04. The zero-order valence-corrected chi connectivity index (χ0v) is 9.30. The van der Waals surface area contributed by atoms with Crippen molar-refractivity contribution in [3.05, 3.63) is 59.7 Å². The molecule has 2 heteroatoms. The lowest BCUT2D eigenvalue weighted by molar-refractivity contribution is 0.631. The van der Waals surface area contributed by atoms with E-state index in [1.54, 1.807) is 17.4 Å². The molecule has 3 aromatic rings. The van der Waals surface area contributed by atoms with Crippen LogP contribution < -0.4 is 0 Å². The van der Waals surface area contributed by atoms with Crippen molar-refractivity contribution in [2.24, 2.45) is 0 Å². The molecule has 0 aliphatic rings. The number of halogens is 1. The van der Waals surface area contributed by atoms with E-state index in [4.69, 9.17) is 0 Å². The van der Waals surface area contributed by atoms with Gasteiger partial charge >= 0.3 is 0 Å². The van der Waals surface area contributed by atoms with E-state index in [1.165, 1.54) is 16.2 Å². The van der Waals surface area contributed by atoms with Crippen molar-refractivity contribution >= 4 is 21.4 Å². The van der Waals surface area contributed by atoms with Crippen molar-refractivity contribution in [3.8, 4) is 11.1 Å². The molecule has 0 radical (unpaired) electrons. The van der Waals surface area contributed by atoms with Crippen LogP contribution in [0.3, 0.4) is 0 Å². The van der Waals surface area contributed by atoms with Crippen LogP contribution >= 0.6 is 11.3 Å². The summed E-state index contributed by atoms with van der Waals surface area (Å²) in [4.78, 5) is 0. The first-order chi connectivity index (χ1) is 7.84. The number of rotatable bonds is 1. The average molecular weight is 228 g/mol. The van der Waals surface area contributed by atoms with Gasteiger partial charge in [-0.25, -0.2) is 4.39 Å². The first-order valence-corrected chi connectivity index (χ1v) is 5.95. The van der Waals surface area contributed by atoms with E-state index < -0.39 is 0 Å². The highest BCUT2D eigenvalue weighted by atomic mass is 32.1. The van der Waals surface area contributed by atoms with E-state index >= 15 is 0 Å². The molecule has 1 aromatic heterocycles. The molecule has 0 aliphatic carbocycles. The molecule has 2 aromatic carbocycles. The molecule has 0 unspecified atom stereocenters. The summed E-state index contributed by atoms with van der Waals surface area (Å²) in [5, 5.41) is 3.26. The summed E-state index contributed by atoms with van der Waals surface area (Å²) >= 11 is 1.68. The summed E-state index contributed by atoms with van der Waals surface area (Å²) in [6.45, 7) is 0. The largest absolute Gasteiger partial charge is 0.206 e. The minimum Gasteiger partial charge on any atom is -0.206 e. The van der Waals surface area contributed by atoms with Crippen molar-refractivity contribution in [2.45, 2.75) is 0 Å². The van der Waals surface area contributed by atoms with Crippen molar-refractivity contribution in [3.63, 3.8) is 0 Å². The molecule has 0 atom stereocenters. The Morgan fingerprint density at radius 3 is 2.69 bits per heavy atom. The number of fused-ring (bicyclic) bond motifs is 1. The van der Waals surface area contributed by atoms with Crippen LogP contribution in [-0.4, -0.2) is 0 Å². The van der Waals surface area contributed by atoms with E-state index in [1.807, 2.05) is 30.3 Å². The number of benzene rings is 2. The Morgan fingerprint density at radius 2 is 1.81 bits per heavy atom. The SMILES string of the molecule is Fc1ccccc1-c1ccc2ccsc2c1. The van der Waals surface area contributed by atoms with Crippen molar-refractivity contribution in [2.75, 3.05) is 0 Å². The quantitative estimate of drug-likeness (QED) is 0.566. The van der Waals surface area contributed by atoms with Gasteiger partial charge in [0.1, 0.15) is 5.82 Å². The highest BCUT2D eigenvalue weighted by Crippen LogP contribution is 2.28. The summed E-state index contributed by atoms with van der Waals surface area (Å²) in [6.07, 6.45) is 0. The number of hydrogen-bond acceptors (Lipinski definition) is 1. The molecule has 0 nitrogen and oxygen atoms in total. The summed E-state index contributed by atoms with van der Waals surface area (Å²) in [6, 6.07) is 15.0. The Kier molecular flexibility index (Phi) is 2.22. The van der Waals surface area contributed by atoms with Crippen LogP contribution in [0.15, 0.2) is 53.9 Å². The number of thiophene rings is 1. The standard InChI is InChI=1S/C14H9FS/c15-13-4-2-1-3-12(13)11-6-5-10-7-8-16-14(10)9-11/h1-9H. The van der Waals surface area contributed by atoms with Gasteiger partial charge in [-0.3, -0.25) is 0 Å². The lowest BCUT2D eigenvalue weighted by atomic mass is 10.0. The van der Waals surface area contributed by atoms with Crippen molar-refractivity contribution in [1.82, 2.24) is 0 Å². The van der Waals surface area contributed by atoms with Gasteiger partial charge in [-0.2, -0.15) is 0 Å². The molecule has 0 spiro atoms. The summed E-state index contributed by atoms with van der Waals surface area (Å²) in [5.41, 5.74) is 1.60. The normalized spacial score (nSPS) is 10.8. The predicted octanol–water partition coefficient (Wildman–Crippen LogP) is 4.71. The van der Waals surface area contributed by atoms with Gasteiger partial charge < -0.3 is 0 Å². The molecule has 78 valence electrons. The Labute approximate surface area is 97.0 Å². The van der Waals surface area contributed by atoms with E-state index in [0.717, 1.165) is 5.56 Å². The lowest BCUT2D eigenvalue weighted by Gasteiger charge is -2.03. The van der Waals surface area contributed by atoms with Gasteiger partial charge in [0.2, 0.25) is 0 Å². The van der Waals surface area contributed by atoms with Crippen LogP contribution in [0.5, 0.6) is 0 Å². The topological polar surface area (TPSA) is 0 Å². The van der Waals surface area contributed by atoms with Crippen LogP contribution in [0.2, 0.25) is 0 Å². The third-order valence-electron chi connectivity index (χ3n) is 2.64. The molecule has 0 amide bonds. The van der Waals surface area contributed by atoms with Crippen LogP contribution in [0, 0.1) is 5.82 Å². The van der Waals surface area contributed by atoms with Crippen molar-refractivity contribution in [1.29, 1.82) is 0 Å². The zero-order valence-electron chi connectivity index (χ0n) is 8.48. The van der Waals surface area contributed by atoms with Gasteiger partial charge in [0.05, 0.1) is 0 Å². The summed E-state index contributed by atoms with van der Waals surface area (Å²) < 4.78 is 14.8. The third-order valence-corrected chi connectivity index (χ3v) is 3.52. The summed E-state index contributed by atoms with van der Waals surface area (Å²) in [5.74, 6) is -0.168. The molecule has 0 aliphatic heterocycles. The fraction of sp³-hybridized carbons (Fsp3) is 0. The third kappa shape index (κ3) is 1.51. The zero-order chi connectivity index (χ0) is 11.0. The second kappa shape index (κ2) is 3.72. The van der Waals surface area contributed by atoms with E-state index in [-0.39, 0.29) is 5.82 Å². The Hall–Kier alpha value is -1.67. The van der Waals surface area contributed by atoms with E-state index in [9.17, 15) is 4.39 Å². The fourth-order valence-corrected chi connectivity index (χ4v) is 2.65. The molecule has 3 rings (SSSR count). The van der Waals surface area contributed by atoms with Gasteiger partial charge in [-0.15, -0.1) is 11.3 Å². The average Bonchev–Trinajstić information content (AvgIpc) is 2.76. The molecule has 0 saturated carbocycles. The van der Waals surface area contributed by atoms with Crippen LogP contribution in [0.25, 0.3) is 21.2 Å². The lowest BCUT2D eigenvalue weighted by Crippen LogP contribution is -1.82. The van der Waals surface area contributed by atoms with E-state index in [0.29, 0.717) is 5.56 Å². The van der Waals surface area contributed by atoms with Gasteiger partial charge in [0, 0.05) is 10.3 Å². The van der Waals surface area contributed by atoms with Crippen LogP contribution in [-0.2, 0) is 0 Å². The molecular weight excluding hydrogens is 219 g/mol. The first kappa shape index (κ1) is 9.55. The smallest absolute Gasteiger partial charge is 0.131 e. The maximum Gasteiger partial charge on any atom is 0.131 e. The maximum atomic E-state index is 13.6. The van der Waals surface area contributed by atoms with Crippen LogP contribution in [0.1, 0.15) is 0 Å². The molecule has 0 fully saturated rings. The van der Waals surface area contributed by atoms with Gasteiger partial charge in [-0.05, 0) is 34.5 Å². The number of hydrogen-bond donors (Lipinski definition) is 0. The van der Waals surface area contributed by atoms with Gasteiger partial charge in [0.25, 0.3) is 0 Å². The Morgan fingerprint density at radius 1 is 0.938 bits per heavy atom. The van der Waals surface area contributed by atoms with Crippen LogP contribution in [0.4, 0.5) is 4.39 Å². The highest BCUT2D eigenvalue weighted by molar-refractivity contribution is 7.17. The molecule has 1 heterocycles. The molecule has 16 heavy (non-hydrogen) atoms. The predicted molar refractivity (Wildman–Crippen MR) is 67.2 cm³/mol. The second-order valence-electron chi connectivity index (χ2n) is 3.65. The minimum atomic E-state index is -0.168. The Bertz CT molecular complexity index is 640. The minimum absolute atomic E-state index is 0.168. The first-order valence-electron chi connectivity index (χ1n) is 5.07. The monoisotopic (exact) mass is 228 g/mol. The van der Waals surface area contributed by atoms with E-state index in [2.05, 4.69) is 11.4 Å². The molecule has 0 saturated heterocycles. The van der Waals surface area contributed by atoms with Gasteiger partial charge in [0.15, 0.2) is 0 Å².